The van der Waals surface area contributed by atoms with Gasteiger partial charge in [-0.25, -0.2) is 8.42 Å². The third-order valence-electron chi connectivity index (χ3n) is 3.60. The molecule has 0 spiro atoms. The van der Waals surface area contributed by atoms with E-state index in [1.165, 1.54) is 13.0 Å². The molecule has 2 aromatic rings. The lowest BCUT2D eigenvalue weighted by atomic mass is 10.1. The van der Waals surface area contributed by atoms with E-state index in [0.717, 1.165) is 11.1 Å². The fourth-order valence-corrected chi connectivity index (χ4v) is 3.60. The van der Waals surface area contributed by atoms with Gasteiger partial charge in [-0.15, -0.1) is 0 Å². The highest BCUT2D eigenvalue weighted by Gasteiger charge is 2.18. The van der Waals surface area contributed by atoms with Crippen molar-refractivity contribution in [2.75, 3.05) is 4.72 Å². The molecule has 1 N–H and O–H groups in total. The molecule has 22 heavy (non-hydrogen) atoms. The fraction of sp³-hybridized carbons (Fsp3) is 0.235. The number of ketones is 1. The van der Waals surface area contributed by atoms with Crippen molar-refractivity contribution >= 4 is 21.5 Å². The molecule has 0 aliphatic rings. The van der Waals surface area contributed by atoms with Crippen LogP contribution < -0.4 is 4.72 Å². The molecule has 4 nitrogen and oxygen atoms in total. The number of hydrogen-bond acceptors (Lipinski definition) is 3. The van der Waals surface area contributed by atoms with Gasteiger partial charge in [-0.1, -0.05) is 18.2 Å². The zero-order valence-electron chi connectivity index (χ0n) is 13.1. The minimum atomic E-state index is -3.69. The molecule has 0 saturated carbocycles. The smallest absolute Gasteiger partial charge is 0.262 e. The van der Waals surface area contributed by atoms with E-state index in [2.05, 4.69) is 4.72 Å². The first-order chi connectivity index (χ1) is 10.2. The van der Waals surface area contributed by atoms with Crippen LogP contribution in [0.3, 0.4) is 0 Å². The van der Waals surface area contributed by atoms with Crippen LogP contribution in [0.25, 0.3) is 0 Å². The van der Waals surface area contributed by atoms with Crippen LogP contribution in [0.15, 0.2) is 41.3 Å². The Morgan fingerprint density at radius 1 is 0.955 bits per heavy atom. The van der Waals surface area contributed by atoms with Gasteiger partial charge in [0.15, 0.2) is 5.78 Å². The lowest BCUT2D eigenvalue weighted by molar-refractivity contribution is 0.101. The van der Waals surface area contributed by atoms with Crippen molar-refractivity contribution in [2.45, 2.75) is 32.6 Å². The molecule has 0 heterocycles. The molecule has 0 saturated heterocycles. The van der Waals surface area contributed by atoms with Crippen LogP contribution >= 0.6 is 0 Å². The van der Waals surface area contributed by atoms with Crippen molar-refractivity contribution < 1.29 is 13.2 Å². The normalized spacial score (nSPS) is 11.3. The summed E-state index contributed by atoms with van der Waals surface area (Å²) in [4.78, 5) is 11.6. The van der Waals surface area contributed by atoms with E-state index < -0.39 is 10.0 Å². The van der Waals surface area contributed by atoms with Gasteiger partial charge in [0.1, 0.15) is 0 Å². The molecular formula is C17H19NO3S. The van der Waals surface area contributed by atoms with Crippen LogP contribution in [0.1, 0.15) is 34.0 Å². The third-order valence-corrected chi connectivity index (χ3v) is 5.13. The van der Waals surface area contributed by atoms with Gasteiger partial charge in [0.2, 0.25) is 0 Å². The predicted octanol–water partition coefficient (Wildman–Crippen LogP) is 3.62. The van der Waals surface area contributed by atoms with Crippen molar-refractivity contribution in [3.63, 3.8) is 0 Å². The Kier molecular flexibility index (Phi) is 4.37. The van der Waals surface area contributed by atoms with E-state index in [1.54, 1.807) is 31.2 Å². The quantitative estimate of drug-likeness (QED) is 0.876. The number of Topliss-reactive ketones (excluding diaryl/α,β-unsaturated/α-hetero) is 1. The number of rotatable bonds is 4. The lowest BCUT2D eigenvalue weighted by Crippen LogP contribution is -2.15. The Morgan fingerprint density at radius 2 is 1.59 bits per heavy atom. The maximum absolute atomic E-state index is 12.6. The number of sulfonamides is 1. The van der Waals surface area contributed by atoms with Gasteiger partial charge >= 0.3 is 0 Å². The van der Waals surface area contributed by atoms with Crippen LogP contribution in [0.4, 0.5) is 5.69 Å². The van der Waals surface area contributed by atoms with Crippen molar-refractivity contribution in [1.82, 2.24) is 0 Å². The van der Waals surface area contributed by atoms with Crippen molar-refractivity contribution in [3.05, 3.63) is 58.7 Å². The van der Waals surface area contributed by atoms with E-state index in [1.807, 2.05) is 19.9 Å². The average Bonchev–Trinajstić information content (AvgIpc) is 2.42. The topological polar surface area (TPSA) is 63.2 Å². The molecule has 2 rings (SSSR count). The van der Waals surface area contributed by atoms with Gasteiger partial charge in [0, 0.05) is 11.3 Å². The molecule has 0 radical (unpaired) electrons. The second-order valence-electron chi connectivity index (χ2n) is 5.44. The number of anilines is 1. The Morgan fingerprint density at radius 3 is 2.23 bits per heavy atom. The molecule has 0 fully saturated rings. The summed E-state index contributed by atoms with van der Waals surface area (Å²) in [5.41, 5.74) is 3.51. The number of carbonyl (C=O) groups is 1. The summed E-state index contributed by atoms with van der Waals surface area (Å²) < 4.78 is 27.7. The highest BCUT2D eigenvalue weighted by Crippen LogP contribution is 2.23. The maximum Gasteiger partial charge on any atom is 0.262 e. The summed E-state index contributed by atoms with van der Waals surface area (Å²) >= 11 is 0. The first-order valence-corrected chi connectivity index (χ1v) is 8.40. The monoisotopic (exact) mass is 317 g/mol. The van der Waals surface area contributed by atoms with Crippen LogP contribution in [-0.2, 0) is 10.0 Å². The van der Waals surface area contributed by atoms with E-state index in [9.17, 15) is 13.2 Å². The van der Waals surface area contributed by atoms with E-state index in [-0.39, 0.29) is 10.7 Å². The van der Waals surface area contributed by atoms with Gasteiger partial charge in [0.25, 0.3) is 10.0 Å². The zero-order chi connectivity index (χ0) is 16.5. The predicted molar refractivity (Wildman–Crippen MR) is 87.9 cm³/mol. The number of carbonyl (C=O) groups excluding carboxylic acids is 1. The molecule has 116 valence electrons. The zero-order valence-corrected chi connectivity index (χ0v) is 13.9. The average molecular weight is 317 g/mol. The molecule has 0 amide bonds. The SMILES string of the molecule is CC(=O)c1cccc(NS(=O)(=O)c2cc(C)c(C)cc2C)c1. The highest BCUT2D eigenvalue weighted by atomic mass is 32.2. The first kappa shape index (κ1) is 16.2. The fourth-order valence-electron chi connectivity index (χ4n) is 2.24. The summed E-state index contributed by atoms with van der Waals surface area (Å²) in [7, 11) is -3.69. The Labute approximate surface area is 131 Å². The van der Waals surface area contributed by atoms with E-state index in [4.69, 9.17) is 0 Å². The van der Waals surface area contributed by atoms with Crippen molar-refractivity contribution in [2.24, 2.45) is 0 Å². The minimum Gasteiger partial charge on any atom is -0.295 e. The number of nitrogens with one attached hydrogen (secondary N) is 1. The third kappa shape index (κ3) is 3.36. The summed E-state index contributed by atoms with van der Waals surface area (Å²) in [5.74, 6) is -0.108. The molecular weight excluding hydrogens is 298 g/mol. The molecule has 0 aliphatic carbocycles. The number of aryl methyl sites for hydroxylation is 3. The summed E-state index contributed by atoms with van der Waals surface area (Å²) in [6, 6.07) is 10.00. The van der Waals surface area contributed by atoms with Gasteiger partial charge in [0.05, 0.1) is 4.90 Å². The first-order valence-electron chi connectivity index (χ1n) is 6.92. The molecule has 5 heteroatoms. The Balaban J connectivity index is 2.42. The number of hydrogen-bond donors (Lipinski definition) is 1. The molecule has 2 aromatic carbocycles. The number of benzene rings is 2. The molecule has 0 aliphatic heterocycles. The highest BCUT2D eigenvalue weighted by molar-refractivity contribution is 7.92. The van der Waals surface area contributed by atoms with Crippen molar-refractivity contribution in [3.8, 4) is 0 Å². The Bertz CT molecular complexity index is 839. The van der Waals surface area contributed by atoms with Gasteiger partial charge in [-0.05, 0) is 62.6 Å². The minimum absolute atomic E-state index is 0.108. The van der Waals surface area contributed by atoms with Crippen LogP contribution in [0, 0.1) is 20.8 Å². The molecule has 0 aromatic heterocycles. The maximum atomic E-state index is 12.6. The van der Waals surface area contributed by atoms with E-state index >= 15 is 0 Å². The second-order valence-corrected chi connectivity index (χ2v) is 7.10. The van der Waals surface area contributed by atoms with Crippen LogP contribution in [-0.4, -0.2) is 14.2 Å². The molecule has 0 bridgehead atoms. The van der Waals surface area contributed by atoms with Gasteiger partial charge in [-0.3, -0.25) is 9.52 Å². The largest absolute Gasteiger partial charge is 0.295 e. The van der Waals surface area contributed by atoms with E-state index in [0.29, 0.717) is 16.8 Å². The second kappa shape index (κ2) is 5.93. The molecule has 0 atom stereocenters. The van der Waals surface area contributed by atoms with Crippen LogP contribution in [0.2, 0.25) is 0 Å². The Hall–Kier alpha value is -2.14. The molecule has 0 unspecified atom stereocenters. The van der Waals surface area contributed by atoms with Gasteiger partial charge < -0.3 is 0 Å². The summed E-state index contributed by atoms with van der Waals surface area (Å²) in [5, 5.41) is 0. The van der Waals surface area contributed by atoms with Gasteiger partial charge in [-0.2, -0.15) is 0 Å². The van der Waals surface area contributed by atoms with Crippen molar-refractivity contribution in [1.29, 1.82) is 0 Å². The standard InChI is InChI=1S/C17H19NO3S/c1-11-8-13(3)17(9-12(11)2)22(20,21)18-16-7-5-6-15(10-16)14(4)19/h5-10,18H,1-4H3. The summed E-state index contributed by atoms with van der Waals surface area (Å²) in [6.45, 7) is 7.04. The summed E-state index contributed by atoms with van der Waals surface area (Å²) in [6.07, 6.45) is 0. The lowest BCUT2D eigenvalue weighted by Gasteiger charge is -2.13. The van der Waals surface area contributed by atoms with Crippen LogP contribution in [0.5, 0.6) is 0 Å².